The zero-order chi connectivity index (χ0) is 10.6. The Morgan fingerprint density at radius 1 is 1.57 bits per heavy atom. The highest BCUT2D eigenvalue weighted by Gasteiger charge is 2.24. The monoisotopic (exact) mass is 221 g/mol. The van der Waals surface area contributed by atoms with E-state index in [-0.39, 0.29) is 29.9 Å². The first kappa shape index (κ1) is 11.5. The van der Waals surface area contributed by atoms with E-state index in [1.165, 1.54) is 7.11 Å². The molecule has 1 saturated heterocycles. The van der Waals surface area contributed by atoms with Crippen LogP contribution in [0.2, 0.25) is 0 Å². The van der Waals surface area contributed by atoms with E-state index in [1.807, 2.05) is 0 Å². The van der Waals surface area contributed by atoms with Crippen LogP contribution in [-0.4, -0.2) is 45.6 Å². The third kappa shape index (κ3) is 3.63. The van der Waals surface area contributed by atoms with Crippen LogP contribution in [0.1, 0.15) is 12.8 Å². The molecular weight excluding hydrogens is 206 g/mol. The predicted molar refractivity (Wildman–Crippen MR) is 51.7 cm³/mol. The highest BCUT2D eigenvalue weighted by atomic mass is 32.2. The molecule has 82 valence electrons. The molecule has 1 rings (SSSR count). The number of methoxy groups -OCH3 is 1. The molecule has 0 aromatic rings. The summed E-state index contributed by atoms with van der Waals surface area (Å²) in [7, 11) is -1.57. The van der Waals surface area contributed by atoms with E-state index in [0.29, 0.717) is 13.0 Å². The van der Waals surface area contributed by atoms with Crippen molar-refractivity contribution in [3.63, 3.8) is 0 Å². The minimum atomic E-state index is -2.90. The molecule has 1 fully saturated rings. The molecule has 14 heavy (non-hydrogen) atoms. The maximum atomic E-state index is 11.2. The SMILES string of the molecule is COC(=O)CCC1CS(=O)(=O)CCN1. The lowest BCUT2D eigenvalue weighted by molar-refractivity contribution is -0.140. The number of esters is 1. The first-order valence-corrected chi connectivity index (χ1v) is 6.36. The van der Waals surface area contributed by atoms with Crippen LogP contribution in [0.25, 0.3) is 0 Å². The van der Waals surface area contributed by atoms with Crippen LogP contribution in [0.5, 0.6) is 0 Å². The number of carbonyl (C=O) groups is 1. The molecule has 0 amide bonds. The molecule has 1 heterocycles. The van der Waals surface area contributed by atoms with Gasteiger partial charge in [-0.3, -0.25) is 4.79 Å². The molecule has 1 N–H and O–H groups in total. The van der Waals surface area contributed by atoms with Gasteiger partial charge in [0.05, 0.1) is 18.6 Å². The summed E-state index contributed by atoms with van der Waals surface area (Å²) in [5.41, 5.74) is 0. The van der Waals surface area contributed by atoms with E-state index in [4.69, 9.17) is 0 Å². The van der Waals surface area contributed by atoms with Crippen LogP contribution in [0, 0.1) is 0 Å². The molecule has 0 radical (unpaired) electrons. The van der Waals surface area contributed by atoms with Gasteiger partial charge in [0, 0.05) is 19.0 Å². The number of hydrogen-bond acceptors (Lipinski definition) is 5. The first-order chi connectivity index (χ1) is 6.53. The van der Waals surface area contributed by atoms with Gasteiger partial charge >= 0.3 is 5.97 Å². The van der Waals surface area contributed by atoms with Crippen molar-refractivity contribution in [3.05, 3.63) is 0 Å². The van der Waals surface area contributed by atoms with E-state index in [2.05, 4.69) is 10.1 Å². The quantitative estimate of drug-likeness (QED) is 0.640. The third-order valence-electron chi connectivity index (χ3n) is 2.23. The first-order valence-electron chi connectivity index (χ1n) is 4.54. The lowest BCUT2D eigenvalue weighted by Gasteiger charge is -2.22. The third-order valence-corrected chi connectivity index (χ3v) is 3.96. The summed E-state index contributed by atoms with van der Waals surface area (Å²) < 4.78 is 26.9. The summed E-state index contributed by atoms with van der Waals surface area (Å²) in [6.07, 6.45) is 0.787. The van der Waals surface area contributed by atoms with Gasteiger partial charge in [0.25, 0.3) is 0 Å². The van der Waals surface area contributed by atoms with Crippen LogP contribution in [0.4, 0.5) is 0 Å². The summed E-state index contributed by atoms with van der Waals surface area (Å²) >= 11 is 0. The van der Waals surface area contributed by atoms with Crippen molar-refractivity contribution < 1.29 is 17.9 Å². The average molecular weight is 221 g/mol. The molecule has 0 bridgehead atoms. The fraction of sp³-hybridized carbons (Fsp3) is 0.875. The van der Waals surface area contributed by atoms with Crippen molar-refractivity contribution in [2.24, 2.45) is 0 Å². The molecule has 1 aliphatic heterocycles. The molecule has 1 aliphatic rings. The second-order valence-corrected chi connectivity index (χ2v) is 5.61. The number of carbonyl (C=O) groups excluding carboxylic acids is 1. The summed E-state index contributed by atoms with van der Waals surface area (Å²) in [6, 6.07) is -0.104. The largest absolute Gasteiger partial charge is 0.469 e. The molecule has 0 saturated carbocycles. The van der Waals surface area contributed by atoms with Crippen LogP contribution < -0.4 is 5.32 Å². The molecule has 0 aromatic heterocycles. The number of nitrogens with one attached hydrogen (secondary N) is 1. The highest BCUT2D eigenvalue weighted by molar-refractivity contribution is 7.91. The van der Waals surface area contributed by atoms with Crippen molar-refractivity contribution in [1.82, 2.24) is 5.32 Å². The summed E-state index contributed by atoms with van der Waals surface area (Å²) in [5.74, 6) is 0.0286. The van der Waals surface area contributed by atoms with Gasteiger partial charge in [-0.05, 0) is 6.42 Å². The van der Waals surface area contributed by atoms with Gasteiger partial charge in [0.2, 0.25) is 0 Å². The Morgan fingerprint density at radius 2 is 2.29 bits per heavy atom. The van der Waals surface area contributed by atoms with E-state index in [0.717, 1.165) is 0 Å². The fourth-order valence-corrected chi connectivity index (χ4v) is 2.94. The second kappa shape index (κ2) is 4.75. The zero-order valence-electron chi connectivity index (χ0n) is 8.15. The minimum Gasteiger partial charge on any atom is -0.469 e. The molecule has 6 heteroatoms. The van der Waals surface area contributed by atoms with Gasteiger partial charge < -0.3 is 10.1 Å². The van der Waals surface area contributed by atoms with Crippen molar-refractivity contribution in [3.8, 4) is 0 Å². The molecule has 0 aromatic carbocycles. The maximum absolute atomic E-state index is 11.2. The normalized spacial score (nSPS) is 25.6. The Hall–Kier alpha value is -0.620. The molecule has 0 aliphatic carbocycles. The summed E-state index contributed by atoms with van der Waals surface area (Å²) in [5, 5.41) is 3.07. The zero-order valence-corrected chi connectivity index (χ0v) is 8.97. The lowest BCUT2D eigenvalue weighted by Crippen LogP contribution is -2.45. The van der Waals surface area contributed by atoms with Crippen molar-refractivity contribution in [2.75, 3.05) is 25.2 Å². The number of sulfone groups is 1. The van der Waals surface area contributed by atoms with Crippen LogP contribution in [0.3, 0.4) is 0 Å². The standard InChI is InChI=1S/C8H15NO4S/c1-13-8(10)3-2-7-6-14(11,12)5-4-9-7/h7,9H,2-6H2,1H3. The summed E-state index contributed by atoms with van der Waals surface area (Å²) in [4.78, 5) is 10.8. The molecular formula is C8H15NO4S. The second-order valence-electron chi connectivity index (χ2n) is 3.38. The Bertz CT molecular complexity index is 298. The Kier molecular flexibility index (Phi) is 3.88. The Balaban J connectivity index is 2.35. The molecule has 0 spiro atoms. The highest BCUT2D eigenvalue weighted by Crippen LogP contribution is 2.07. The average Bonchev–Trinajstić information content (AvgIpc) is 2.12. The topological polar surface area (TPSA) is 72.5 Å². The fourth-order valence-electron chi connectivity index (χ4n) is 1.45. The van der Waals surface area contributed by atoms with Crippen LogP contribution in [-0.2, 0) is 19.4 Å². The molecule has 1 atom stereocenters. The van der Waals surface area contributed by atoms with Crippen LogP contribution >= 0.6 is 0 Å². The van der Waals surface area contributed by atoms with Crippen LogP contribution in [0.15, 0.2) is 0 Å². The van der Waals surface area contributed by atoms with Gasteiger partial charge in [-0.1, -0.05) is 0 Å². The minimum absolute atomic E-state index is 0.104. The Labute approximate surface area is 83.7 Å². The van der Waals surface area contributed by atoms with Crippen molar-refractivity contribution in [2.45, 2.75) is 18.9 Å². The van der Waals surface area contributed by atoms with Gasteiger partial charge in [0.15, 0.2) is 9.84 Å². The van der Waals surface area contributed by atoms with Gasteiger partial charge in [-0.25, -0.2) is 8.42 Å². The smallest absolute Gasteiger partial charge is 0.305 e. The lowest BCUT2D eigenvalue weighted by atomic mass is 10.2. The van der Waals surface area contributed by atoms with Gasteiger partial charge in [-0.15, -0.1) is 0 Å². The van der Waals surface area contributed by atoms with Gasteiger partial charge in [0.1, 0.15) is 0 Å². The van der Waals surface area contributed by atoms with E-state index in [1.54, 1.807) is 0 Å². The van der Waals surface area contributed by atoms with Gasteiger partial charge in [-0.2, -0.15) is 0 Å². The Morgan fingerprint density at radius 3 is 2.86 bits per heavy atom. The molecule has 1 unspecified atom stereocenters. The predicted octanol–water partition coefficient (Wildman–Crippen LogP) is -0.674. The summed E-state index contributed by atoms with van der Waals surface area (Å²) in [6.45, 7) is 0.480. The maximum Gasteiger partial charge on any atom is 0.305 e. The van der Waals surface area contributed by atoms with E-state index < -0.39 is 9.84 Å². The number of hydrogen-bond donors (Lipinski definition) is 1. The number of rotatable bonds is 3. The molecule has 5 nitrogen and oxygen atoms in total. The van der Waals surface area contributed by atoms with Crippen molar-refractivity contribution >= 4 is 15.8 Å². The van der Waals surface area contributed by atoms with E-state index >= 15 is 0 Å². The van der Waals surface area contributed by atoms with Crippen molar-refractivity contribution in [1.29, 1.82) is 0 Å². The number of ether oxygens (including phenoxy) is 1. The van der Waals surface area contributed by atoms with E-state index in [9.17, 15) is 13.2 Å².